The number of urea groups is 1. The van der Waals surface area contributed by atoms with Crippen LogP contribution in [-0.4, -0.2) is 59.8 Å². The highest BCUT2D eigenvalue weighted by Crippen LogP contribution is 2.17. The van der Waals surface area contributed by atoms with E-state index in [1.54, 1.807) is 6.92 Å². The van der Waals surface area contributed by atoms with Crippen LogP contribution in [0.5, 0.6) is 0 Å². The largest absolute Gasteiger partial charge is 0.480 e. The van der Waals surface area contributed by atoms with Crippen LogP contribution in [0.2, 0.25) is 0 Å². The Morgan fingerprint density at radius 2 is 1.82 bits per heavy atom. The predicted molar refractivity (Wildman–Crippen MR) is 53.6 cm³/mol. The normalized spacial score (nSPS) is 11.1. The fourth-order valence-corrected chi connectivity index (χ4v) is 1.24. The summed E-state index contributed by atoms with van der Waals surface area (Å²) in [5.41, 5.74) is 0. The number of carboxylic acids is 1. The van der Waals surface area contributed by atoms with Gasteiger partial charge in [-0.25, -0.2) is 4.79 Å². The third-order valence-electron chi connectivity index (χ3n) is 1.85. The van der Waals surface area contributed by atoms with Crippen LogP contribution < -0.4 is 0 Å². The summed E-state index contributed by atoms with van der Waals surface area (Å²) in [5, 5.41) is 8.46. The molecule has 0 aliphatic heterocycles. The summed E-state index contributed by atoms with van der Waals surface area (Å²) in [6.07, 6.45) is -4.03. The van der Waals surface area contributed by atoms with Crippen molar-refractivity contribution < 1.29 is 27.9 Å². The van der Waals surface area contributed by atoms with Gasteiger partial charge in [-0.15, -0.1) is 0 Å². The maximum absolute atomic E-state index is 12.2. The smallest absolute Gasteiger partial charge is 0.406 e. The summed E-state index contributed by atoms with van der Waals surface area (Å²) in [7, 11) is 1.33. The van der Waals surface area contributed by atoms with Gasteiger partial charge in [0.2, 0.25) is 0 Å². The van der Waals surface area contributed by atoms with Gasteiger partial charge in [0.25, 0.3) is 0 Å². The van der Waals surface area contributed by atoms with Crippen LogP contribution in [0.15, 0.2) is 0 Å². The lowest BCUT2D eigenvalue weighted by Crippen LogP contribution is -2.47. The van der Waals surface area contributed by atoms with Gasteiger partial charge in [0.15, 0.2) is 0 Å². The van der Waals surface area contributed by atoms with Crippen molar-refractivity contribution in [3.8, 4) is 0 Å². The van der Waals surface area contributed by atoms with Crippen LogP contribution in [0.4, 0.5) is 18.0 Å². The lowest BCUT2D eigenvalue weighted by Gasteiger charge is -2.27. The van der Waals surface area contributed by atoms with Crippen molar-refractivity contribution in [1.82, 2.24) is 9.80 Å². The summed E-state index contributed by atoms with van der Waals surface area (Å²) in [6.45, 7) is -0.500. The molecule has 2 amide bonds. The number of carbonyl (C=O) groups excluding carboxylic acids is 1. The van der Waals surface area contributed by atoms with Crippen LogP contribution in [0.25, 0.3) is 0 Å². The van der Waals surface area contributed by atoms with E-state index >= 15 is 0 Å². The van der Waals surface area contributed by atoms with Crippen LogP contribution in [0, 0.1) is 0 Å². The Labute approximate surface area is 96.8 Å². The summed E-state index contributed by atoms with van der Waals surface area (Å²) in [5.74, 6) is -1.48. The minimum absolute atomic E-state index is 0.262. The molecule has 0 aromatic heterocycles. The van der Waals surface area contributed by atoms with E-state index in [1.807, 2.05) is 0 Å². The van der Waals surface area contributed by atoms with Crippen molar-refractivity contribution in [3.05, 3.63) is 0 Å². The van der Waals surface area contributed by atoms with Gasteiger partial charge in [-0.05, 0) is 6.42 Å². The van der Waals surface area contributed by atoms with Crippen molar-refractivity contribution >= 4 is 12.0 Å². The third-order valence-corrected chi connectivity index (χ3v) is 1.85. The number of halogens is 3. The molecule has 0 atom stereocenters. The zero-order chi connectivity index (χ0) is 13.6. The number of rotatable bonds is 5. The second-order valence-electron chi connectivity index (χ2n) is 3.57. The van der Waals surface area contributed by atoms with E-state index in [-0.39, 0.29) is 11.4 Å². The minimum atomic E-state index is -4.61. The van der Waals surface area contributed by atoms with Gasteiger partial charge in [0.1, 0.15) is 13.1 Å². The number of nitrogens with zero attached hydrogens (tertiary/aromatic N) is 2. The summed E-state index contributed by atoms with van der Waals surface area (Å²) < 4.78 is 36.5. The number of aliphatic carboxylic acids is 1. The highest BCUT2D eigenvalue weighted by molar-refractivity contribution is 5.80. The average Bonchev–Trinajstić information content (AvgIpc) is 2.13. The van der Waals surface area contributed by atoms with Gasteiger partial charge in [0, 0.05) is 13.6 Å². The molecule has 100 valence electrons. The Balaban J connectivity index is 4.67. The molecule has 0 bridgehead atoms. The molecule has 0 aromatic rings. The lowest BCUT2D eigenvalue weighted by atomic mass is 10.4. The standard InChI is InChI=1S/C9H15F3N2O3/c1-3-4-13(2)8(17)14(5-7(15)16)6-9(10,11)12/h3-6H2,1-2H3,(H,15,16). The van der Waals surface area contributed by atoms with Gasteiger partial charge < -0.3 is 14.9 Å². The molecule has 0 rings (SSSR count). The van der Waals surface area contributed by atoms with Gasteiger partial charge in [-0.2, -0.15) is 13.2 Å². The highest BCUT2D eigenvalue weighted by atomic mass is 19.4. The maximum Gasteiger partial charge on any atom is 0.406 e. The minimum Gasteiger partial charge on any atom is -0.480 e. The first-order chi connectivity index (χ1) is 7.67. The quantitative estimate of drug-likeness (QED) is 0.808. The average molecular weight is 256 g/mol. The molecule has 0 aliphatic rings. The van der Waals surface area contributed by atoms with E-state index in [1.165, 1.54) is 7.05 Å². The van der Waals surface area contributed by atoms with Crippen molar-refractivity contribution in [2.75, 3.05) is 26.7 Å². The van der Waals surface area contributed by atoms with Crippen molar-refractivity contribution in [1.29, 1.82) is 0 Å². The predicted octanol–water partition coefficient (Wildman–Crippen LogP) is 1.40. The SMILES string of the molecule is CCCN(C)C(=O)N(CC(=O)O)CC(F)(F)F. The van der Waals surface area contributed by atoms with E-state index in [2.05, 4.69) is 0 Å². The second-order valence-corrected chi connectivity index (χ2v) is 3.57. The molecular weight excluding hydrogens is 241 g/mol. The lowest BCUT2D eigenvalue weighted by molar-refractivity contribution is -0.149. The van der Waals surface area contributed by atoms with E-state index < -0.39 is 31.3 Å². The Morgan fingerprint density at radius 1 is 1.29 bits per heavy atom. The number of alkyl halides is 3. The van der Waals surface area contributed by atoms with E-state index in [0.29, 0.717) is 6.42 Å². The van der Waals surface area contributed by atoms with Crippen LogP contribution in [0.3, 0.4) is 0 Å². The summed E-state index contributed by atoms with van der Waals surface area (Å²) in [4.78, 5) is 23.3. The van der Waals surface area contributed by atoms with Crippen molar-refractivity contribution in [2.45, 2.75) is 19.5 Å². The second kappa shape index (κ2) is 6.31. The number of hydrogen-bond donors (Lipinski definition) is 1. The fourth-order valence-electron chi connectivity index (χ4n) is 1.24. The topological polar surface area (TPSA) is 60.9 Å². The molecule has 1 N–H and O–H groups in total. The zero-order valence-corrected chi connectivity index (χ0v) is 9.62. The number of carbonyl (C=O) groups is 2. The molecule has 0 spiro atoms. The molecule has 0 aromatic carbocycles. The van der Waals surface area contributed by atoms with Crippen LogP contribution in [-0.2, 0) is 4.79 Å². The molecule has 8 heteroatoms. The van der Waals surface area contributed by atoms with Gasteiger partial charge in [-0.3, -0.25) is 4.79 Å². The molecule has 0 saturated carbocycles. The molecule has 0 radical (unpaired) electrons. The summed E-state index contributed by atoms with van der Waals surface area (Å²) in [6, 6.07) is -0.938. The first-order valence-electron chi connectivity index (χ1n) is 4.96. The third kappa shape index (κ3) is 6.64. The molecule has 0 unspecified atom stereocenters. The molecule has 17 heavy (non-hydrogen) atoms. The molecular formula is C9H15F3N2O3. The van der Waals surface area contributed by atoms with Crippen LogP contribution in [0.1, 0.15) is 13.3 Å². The zero-order valence-electron chi connectivity index (χ0n) is 9.62. The van der Waals surface area contributed by atoms with Gasteiger partial charge in [-0.1, -0.05) is 6.92 Å². The molecule has 0 fully saturated rings. The number of hydrogen-bond acceptors (Lipinski definition) is 2. The number of carboxylic acid groups (broad SMARTS) is 1. The van der Waals surface area contributed by atoms with Crippen LogP contribution >= 0.6 is 0 Å². The van der Waals surface area contributed by atoms with E-state index in [4.69, 9.17) is 5.11 Å². The molecule has 0 saturated heterocycles. The number of amides is 2. The molecule has 0 aliphatic carbocycles. The molecule has 5 nitrogen and oxygen atoms in total. The monoisotopic (exact) mass is 256 g/mol. The highest BCUT2D eigenvalue weighted by Gasteiger charge is 2.34. The first kappa shape index (κ1) is 15.5. The van der Waals surface area contributed by atoms with Crippen molar-refractivity contribution in [3.63, 3.8) is 0 Å². The van der Waals surface area contributed by atoms with Crippen molar-refractivity contribution in [2.24, 2.45) is 0 Å². The fraction of sp³-hybridized carbons (Fsp3) is 0.778. The Bertz CT molecular complexity index is 281. The Morgan fingerprint density at radius 3 is 2.18 bits per heavy atom. The van der Waals surface area contributed by atoms with E-state index in [0.717, 1.165) is 4.90 Å². The summed E-state index contributed by atoms with van der Waals surface area (Å²) >= 11 is 0. The van der Waals surface area contributed by atoms with E-state index in [9.17, 15) is 22.8 Å². The first-order valence-corrected chi connectivity index (χ1v) is 4.96. The van der Waals surface area contributed by atoms with Gasteiger partial charge >= 0.3 is 18.2 Å². The maximum atomic E-state index is 12.2. The van der Waals surface area contributed by atoms with Gasteiger partial charge in [0.05, 0.1) is 0 Å². The Hall–Kier alpha value is -1.47. The molecule has 0 heterocycles. The Kier molecular flexibility index (Phi) is 5.77.